The van der Waals surface area contributed by atoms with Gasteiger partial charge in [-0.1, -0.05) is 25.3 Å². The molecular weight excluding hydrogens is 448 g/mol. The Labute approximate surface area is 203 Å². The van der Waals surface area contributed by atoms with E-state index in [1.165, 1.54) is 6.42 Å². The third kappa shape index (κ3) is 4.42. The van der Waals surface area contributed by atoms with Gasteiger partial charge in [0.2, 0.25) is 5.91 Å². The van der Waals surface area contributed by atoms with Crippen LogP contribution in [0.25, 0.3) is 22.0 Å². The molecule has 1 fully saturated rings. The maximum atomic E-state index is 13.1. The van der Waals surface area contributed by atoms with Gasteiger partial charge in [0.1, 0.15) is 17.3 Å². The van der Waals surface area contributed by atoms with Gasteiger partial charge in [-0.25, -0.2) is 4.98 Å². The number of likely N-dealkylation sites (N-methyl/N-ethyl adjacent to an activating group) is 1. The van der Waals surface area contributed by atoms with Crippen LogP contribution in [0.15, 0.2) is 42.6 Å². The highest BCUT2D eigenvalue weighted by Gasteiger charge is 2.31. The summed E-state index contributed by atoms with van der Waals surface area (Å²) in [7, 11) is 1.86. The van der Waals surface area contributed by atoms with Gasteiger partial charge in [-0.3, -0.25) is 19.5 Å². The maximum Gasteiger partial charge on any atom is 0.265 e. The number of hydrogen-bond acceptors (Lipinski definition) is 6. The third-order valence-corrected chi connectivity index (χ3v) is 7.66. The van der Waals surface area contributed by atoms with E-state index < -0.39 is 0 Å². The first-order chi connectivity index (χ1) is 16.5. The van der Waals surface area contributed by atoms with Gasteiger partial charge in [0.25, 0.3) is 5.91 Å². The molecule has 1 aliphatic carbocycles. The molecule has 0 atom stereocenters. The average molecular weight is 477 g/mol. The molecule has 34 heavy (non-hydrogen) atoms. The number of amides is 2. The minimum atomic E-state index is -0.209. The first-order valence-electron chi connectivity index (χ1n) is 11.7. The number of ether oxygens (including phenoxy) is 1. The monoisotopic (exact) mass is 476 g/mol. The smallest absolute Gasteiger partial charge is 0.265 e. The van der Waals surface area contributed by atoms with Gasteiger partial charge in [-0.15, -0.1) is 11.3 Å². The first-order valence-corrected chi connectivity index (χ1v) is 12.5. The lowest BCUT2D eigenvalue weighted by Crippen LogP contribution is -2.48. The minimum absolute atomic E-state index is 0.0148. The molecule has 2 aliphatic rings. The number of thiazole rings is 1. The zero-order chi connectivity index (χ0) is 23.7. The van der Waals surface area contributed by atoms with E-state index in [0.717, 1.165) is 52.5 Å². The summed E-state index contributed by atoms with van der Waals surface area (Å²) in [4.78, 5) is 39.6. The number of benzene rings is 1. The van der Waals surface area contributed by atoms with Crippen LogP contribution in [-0.2, 0) is 9.59 Å². The molecule has 8 heteroatoms. The van der Waals surface area contributed by atoms with Crippen LogP contribution >= 0.6 is 11.3 Å². The lowest BCUT2D eigenvalue weighted by molar-refractivity contribution is -0.133. The maximum absolute atomic E-state index is 13.1. The van der Waals surface area contributed by atoms with Crippen LogP contribution < -0.4 is 9.64 Å². The number of aromatic nitrogens is 2. The Bertz CT molecular complexity index is 1200. The van der Waals surface area contributed by atoms with Crippen molar-refractivity contribution in [3.05, 3.63) is 47.5 Å². The fourth-order valence-electron chi connectivity index (χ4n) is 4.70. The van der Waals surface area contributed by atoms with Crippen molar-refractivity contribution in [3.8, 4) is 27.7 Å². The number of carbonyl (C=O) groups excluding carboxylic acids is 2. The van der Waals surface area contributed by atoms with Crippen LogP contribution in [0, 0.1) is 6.92 Å². The van der Waals surface area contributed by atoms with Gasteiger partial charge in [-0.2, -0.15) is 0 Å². The van der Waals surface area contributed by atoms with E-state index in [2.05, 4.69) is 4.98 Å². The molecule has 1 aliphatic heterocycles. The summed E-state index contributed by atoms with van der Waals surface area (Å²) in [6, 6.07) is 11.7. The molecule has 2 aromatic heterocycles. The molecule has 3 aromatic rings. The molecular formula is C26H28N4O3S. The van der Waals surface area contributed by atoms with Gasteiger partial charge in [-0.05, 0) is 50.1 Å². The lowest BCUT2D eigenvalue weighted by atomic mass is 9.94. The van der Waals surface area contributed by atoms with E-state index in [1.54, 1.807) is 22.4 Å². The second-order valence-electron chi connectivity index (χ2n) is 8.89. The number of nitrogens with zero attached hydrogens (tertiary/aromatic N) is 4. The second-order valence-corrected chi connectivity index (χ2v) is 10.1. The average Bonchev–Trinajstić information content (AvgIpc) is 3.27. The van der Waals surface area contributed by atoms with Crippen molar-refractivity contribution in [1.29, 1.82) is 0 Å². The Morgan fingerprint density at radius 1 is 1.21 bits per heavy atom. The molecule has 0 unspecified atom stereocenters. The summed E-state index contributed by atoms with van der Waals surface area (Å²) >= 11 is 1.59. The lowest BCUT2D eigenvalue weighted by Gasteiger charge is -2.34. The fourth-order valence-corrected chi connectivity index (χ4v) is 5.62. The molecule has 3 heterocycles. The summed E-state index contributed by atoms with van der Waals surface area (Å²) in [6.45, 7) is 1.98. The highest BCUT2D eigenvalue weighted by molar-refractivity contribution is 7.15. The van der Waals surface area contributed by atoms with E-state index in [9.17, 15) is 9.59 Å². The van der Waals surface area contributed by atoms with E-state index in [1.807, 2.05) is 55.3 Å². The van der Waals surface area contributed by atoms with E-state index in [4.69, 9.17) is 9.72 Å². The molecule has 0 radical (unpaired) electrons. The van der Waals surface area contributed by atoms with Gasteiger partial charge in [0.05, 0.1) is 17.1 Å². The van der Waals surface area contributed by atoms with Crippen molar-refractivity contribution >= 4 is 28.8 Å². The number of hydrogen-bond donors (Lipinski definition) is 0. The Morgan fingerprint density at radius 3 is 2.79 bits per heavy atom. The van der Waals surface area contributed by atoms with E-state index >= 15 is 0 Å². The Balaban J connectivity index is 1.42. The predicted molar refractivity (Wildman–Crippen MR) is 133 cm³/mol. The first kappa shape index (κ1) is 22.5. The van der Waals surface area contributed by atoms with Crippen LogP contribution in [0.5, 0.6) is 5.75 Å². The van der Waals surface area contributed by atoms with Crippen molar-refractivity contribution in [1.82, 2.24) is 14.9 Å². The van der Waals surface area contributed by atoms with Gasteiger partial charge >= 0.3 is 0 Å². The van der Waals surface area contributed by atoms with E-state index in [0.29, 0.717) is 11.4 Å². The Kier molecular flexibility index (Phi) is 6.32. The molecule has 7 nitrogen and oxygen atoms in total. The number of anilines is 1. The van der Waals surface area contributed by atoms with E-state index in [-0.39, 0.29) is 31.0 Å². The predicted octanol–water partition coefficient (Wildman–Crippen LogP) is 4.70. The van der Waals surface area contributed by atoms with Crippen molar-refractivity contribution in [2.75, 3.05) is 25.1 Å². The number of rotatable bonds is 5. The molecule has 0 N–H and O–H groups in total. The highest BCUT2D eigenvalue weighted by Crippen LogP contribution is 2.39. The molecule has 1 saturated carbocycles. The zero-order valence-corrected chi connectivity index (χ0v) is 20.3. The number of aryl methyl sites for hydroxylation is 1. The van der Waals surface area contributed by atoms with Gasteiger partial charge < -0.3 is 9.64 Å². The summed E-state index contributed by atoms with van der Waals surface area (Å²) < 4.78 is 5.68. The third-order valence-electron chi connectivity index (χ3n) is 6.67. The molecule has 176 valence electrons. The number of fused-ring (bicyclic) bond motifs is 1. The van der Waals surface area contributed by atoms with Crippen molar-refractivity contribution in [3.63, 3.8) is 0 Å². The van der Waals surface area contributed by atoms with Crippen LogP contribution in [0.1, 0.15) is 37.0 Å². The Morgan fingerprint density at radius 2 is 2.03 bits per heavy atom. The highest BCUT2D eigenvalue weighted by atomic mass is 32.1. The number of pyridine rings is 1. The standard InChI is InChI=1S/C26H28N4O3S/c1-17-25(28-26(34-17)20-10-6-7-13-27-20)18-11-12-22-21(14-18)30(24(32)16-33-22)15-23(31)29(2)19-8-4-3-5-9-19/h6-7,10-14,19H,3-5,8-9,15-16H2,1-2H3. The number of carbonyl (C=O) groups is 2. The molecule has 0 spiro atoms. The second kappa shape index (κ2) is 9.54. The molecule has 5 rings (SSSR count). The van der Waals surface area contributed by atoms with Crippen molar-refractivity contribution in [2.45, 2.75) is 45.1 Å². The minimum Gasteiger partial charge on any atom is -0.482 e. The van der Waals surface area contributed by atoms with Crippen LogP contribution in [0.2, 0.25) is 0 Å². The van der Waals surface area contributed by atoms with Gasteiger partial charge in [0.15, 0.2) is 6.61 Å². The van der Waals surface area contributed by atoms with Crippen LogP contribution in [-0.4, -0.2) is 52.9 Å². The Hall–Kier alpha value is -3.26. The van der Waals surface area contributed by atoms with Crippen molar-refractivity contribution < 1.29 is 14.3 Å². The molecule has 0 saturated heterocycles. The summed E-state index contributed by atoms with van der Waals surface area (Å²) in [5.41, 5.74) is 3.17. The topological polar surface area (TPSA) is 75.6 Å². The fraction of sp³-hybridized carbons (Fsp3) is 0.385. The van der Waals surface area contributed by atoms with Crippen LogP contribution in [0.4, 0.5) is 5.69 Å². The quantitative estimate of drug-likeness (QED) is 0.534. The summed E-state index contributed by atoms with van der Waals surface area (Å²) in [5, 5.41) is 0.847. The SMILES string of the molecule is Cc1sc(-c2ccccn2)nc1-c1ccc2c(c1)N(CC(=O)N(C)C1CCCCC1)C(=O)CO2. The largest absolute Gasteiger partial charge is 0.482 e. The zero-order valence-electron chi connectivity index (χ0n) is 19.5. The van der Waals surface area contributed by atoms with Crippen LogP contribution in [0.3, 0.4) is 0 Å². The molecule has 1 aromatic carbocycles. The summed E-state index contributed by atoms with van der Waals surface area (Å²) in [6.07, 6.45) is 7.35. The summed E-state index contributed by atoms with van der Waals surface area (Å²) in [5.74, 6) is 0.356. The van der Waals surface area contributed by atoms with Crippen molar-refractivity contribution in [2.24, 2.45) is 0 Å². The van der Waals surface area contributed by atoms with Gasteiger partial charge in [0, 0.05) is 29.7 Å². The normalized spacial score (nSPS) is 16.2. The molecule has 0 bridgehead atoms. The molecule has 2 amide bonds.